The highest BCUT2D eigenvalue weighted by atomic mass is 35.5. The lowest BCUT2D eigenvalue weighted by Gasteiger charge is -2.35. The fourth-order valence-electron chi connectivity index (χ4n) is 4.27. The highest BCUT2D eigenvalue weighted by Gasteiger charge is 2.30. The fraction of sp³-hybridized carbons (Fsp3) is 0.250. The van der Waals surface area contributed by atoms with Crippen LogP contribution in [0, 0.1) is 0 Å². The van der Waals surface area contributed by atoms with Crippen LogP contribution in [0.2, 0.25) is 5.02 Å². The summed E-state index contributed by atoms with van der Waals surface area (Å²) in [5.41, 5.74) is 1.98. The minimum atomic E-state index is -0.202. The highest BCUT2D eigenvalue weighted by Crippen LogP contribution is 2.25. The van der Waals surface area contributed by atoms with E-state index in [0.717, 1.165) is 11.6 Å². The Morgan fingerprint density at radius 2 is 1.58 bits per heavy atom. The molecule has 2 aromatic carbocycles. The van der Waals surface area contributed by atoms with Gasteiger partial charge in [-0.25, -0.2) is 4.98 Å². The molecule has 0 N–H and O–H groups in total. The van der Waals surface area contributed by atoms with Crippen molar-refractivity contribution in [2.75, 3.05) is 36.0 Å². The van der Waals surface area contributed by atoms with Crippen LogP contribution in [0.1, 0.15) is 23.2 Å². The van der Waals surface area contributed by atoms with Crippen LogP contribution in [0.15, 0.2) is 60.9 Å². The van der Waals surface area contributed by atoms with Gasteiger partial charge in [-0.2, -0.15) is 0 Å². The second-order valence-electron chi connectivity index (χ2n) is 8.03. The smallest absolute Gasteiger partial charge is 0.253 e. The van der Waals surface area contributed by atoms with Crippen LogP contribution in [0.25, 0.3) is 5.69 Å². The van der Waals surface area contributed by atoms with Crippen molar-refractivity contribution in [2.24, 2.45) is 0 Å². The molecule has 0 aliphatic carbocycles. The molecule has 3 amide bonds. The zero-order valence-corrected chi connectivity index (χ0v) is 18.6. The summed E-state index contributed by atoms with van der Waals surface area (Å²) in [4.78, 5) is 46.5. The number of hydrogen-bond donors (Lipinski definition) is 0. The van der Waals surface area contributed by atoms with E-state index < -0.39 is 0 Å². The summed E-state index contributed by atoms with van der Waals surface area (Å²) < 4.78 is 1.99. The standard InChI is InChI=1S/C24H22ClN5O3/c25-18-2-1-3-20(16-18)29-11-10-26-24(29)28-14-12-27(13-15-28)23(33)17-4-6-19(7-5-17)30-21(31)8-9-22(30)32/h1-7,10-11,16H,8-9,12-15H2. The third kappa shape index (κ3) is 4.09. The molecule has 0 bridgehead atoms. The number of carbonyl (C=O) groups is 3. The molecule has 3 aromatic rings. The topological polar surface area (TPSA) is 78.8 Å². The maximum atomic E-state index is 13.0. The van der Waals surface area contributed by atoms with Crippen molar-refractivity contribution >= 4 is 41.0 Å². The van der Waals surface area contributed by atoms with Crippen LogP contribution < -0.4 is 9.80 Å². The SMILES string of the molecule is O=C(c1ccc(N2C(=O)CCC2=O)cc1)N1CCN(c2nccn2-c2cccc(Cl)c2)CC1. The molecule has 0 atom stereocenters. The Hall–Kier alpha value is -3.65. The lowest BCUT2D eigenvalue weighted by molar-refractivity contribution is -0.121. The van der Waals surface area contributed by atoms with Gasteiger partial charge in [-0.05, 0) is 42.5 Å². The number of imide groups is 1. The molecule has 2 fully saturated rings. The number of imidazole rings is 1. The first kappa shape index (κ1) is 21.2. The largest absolute Gasteiger partial charge is 0.338 e. The first-order valence-corrected chi connectivity index (χ1v) is 11.2. The molecule has 9 heteroatoms. The first-order valence-electron chi connectivity index (χ1n) is 10.8. The first-order chi connectivity index (χ1) is 16.0. The van der Waals surface area contributed by atoms with Crippen LogP contribution in [0.3, 0.4) is 0 Å². The van der Waals surface area contributed by atoms with Gasteiger partial charge in [0.15, 0.2) is 0 Å². The lowest BCUT2D eigenvalue weighted by atomic mass is 10.1. The molecule has 0 spiro atoms. The Morgan fingerprint density at radius 1 is 0.879 bits per heavy atom. The third-order valence-electron chi connectivity index (χ3n) is 5.98. The van der Waals surface area contributed by atoms with Crippen molar-refractivity contribution in [3.63, 3.8) is 0 Å². The lowest BCUT2D eigenvalue weighted by Crippen LogP contribution is -2.49. The van der Waals surface area contributed by atoms with E-state index in [0.29, 0.717) is 42.5 Å². The number of amides is 3. The Balaban J connectivity index is 1.25. The molecule has 2 saturated heterocycles. The highest BCUT2D eigenvalue weighted by molar-refractivity contribution is 6.30. The Bertz CT molecular complexity index is 1200. The van der Waals surface area contributed by atoms with Crippen molar-refractivity contribution in [2.45, 2.75) is 12.8 Å². The van der Waals surface area contributed by atoms with Crippen LogP contribution in [0.5, 0.6) is 0 Å². The molecule has 168 valence electrons. The van der Waals surface area contributed by atoms with Crippen molar-refractivity contribution in [3.05, 3.63) is 71.5 Å². The van der Waals surface area contributed by atoms with Gasteiger partial charge in [-0.3, -0.25) is 23.9 Å². The Morgan fingerprint density at radius 3 is 2.24 bits per heavy atom. The van der Waals surface area contributed by atoms with Crippen molar-refractivity contribution < 1.29 is 14.4 Å². The van der Waals surface area contributed by atoms with E-state index in [9.17, 15) is 14.4 Å². The van der Waals surface area contributed by atoms with Crippen LogP contribution in [-0.2, 0) is 9.59 Å². The fourth-order valence-corrected chi connectivity index (χ4v) is 4.45. The van der Waals surface area contributed by atoms with Gasteiger partial charge in [-0.1, -0.05) is 17.7 Å². The Labute approximate surface area is 196 Å². The molecule has 8 nitrogen and oxygen atoms in total. The second kappa shape index (κ2) is 8.71. The maximum absolute atomic E-state index is 13.0. The summed E-state index contributed by atoms with van der Waals surface area (Å²) in [6.45, 7) is 2.43. The quantitative estimate of drug-likeness (QED) is 0.555. The predicted octanol–water partition coefficient (Wildman–Crippen LogP) is 3.14. The average Bonchev–Trinajstić information content (AvgIpc) is 3.45. The molecule has 3 heterocycles. The molecule has 0 unspecified atom stereocenters. The molecule has 0 saturated carbocycles. The zero-order chi connectivity index (χ0) is 22.9. The summed E-state index contributed by atoms with van der Waals surface area (Å²) in [6, 6.07) is 14.3. The molecule has 2 aliphatic heterocycles. The molecule has 1 aromatic heterocycles. The summed E-state index contributed by atoms with van der Waals surface area (Å²) in [6.07, 6.45) is 4.12. The summed E-state index contributed by atoms with van der Waals surface area (Å²) in [5.74, 6) is 0.338. The minimum absolute atomic E-state index is 0.0709. The number of anilines is 2. The van der Waals surface area contributed by atoms with Crippen molar-refractivity contribution in [1.82, 2.24) is 14.5 Å². The van der Waals surface area contributed by atoms with E-state index >= 15 is 0 Å². The van der Waals surface area contributed by atoms with Gasteiger partial charge in [-0.15, -0.1) is 0 Å². The van der Waals surface area contributed by atoms with E-state index in [1.165, 1.54) is 4.90 Å². The number of piperazine rings is 1. The van der Waals surface area contributed by atoms with Gasteiger partial charge < -0.3 is 9.80 Å². The third-order valence-corrected chi connectivity index (χ3v) is 6.22. The molecular weight excluding hydrogens is 442 g/mol. The number of benzene rings is 2. The number of halogens is 1. The van der Waals surface area contributed by atoms with Gasteiger partial charge in [0.2, 0.25) is 17.8 Å². The van der Waals surface area contributed by atoms with Gasteiger partial charge in [0.05, 0.1) is 5.69 Å². The van der Waals surface area contributed by atoms with E-state index in [1.54, 1.807) is 30.5 Å². The summed E-state index contributed by atoms with van der Waals surface area (Å²) in [5, 5.41) is 0.659. The number of hydrogen-bond acceptors (Lipinski definition) is 5. The molecular formula is C24H22ClN5O3. The zero-order valence-electron chi connectivity index (χ0n) is 17.9. The van der Waals surface area contributed by atoms with Crippen LogP contribution >= 0.6 is 11.6 Å². The molecule has 2 aliphatic rings. The summed E-state index contributed by atoms with van der Waals surface area (Å²) in [7, 11) is 0. The van der Waals surface area contributed by atoms with Crippen molar-refractivity contribution in [3.8, 4) is 5.69 Å². The van der Waals surface area contributed by atoms with Gasteiger partial charge in [0, 0.05) is 67.7 Å². The van der Waals surface area contributed by atoms with Gasteiger partial charge >= 0.3 is 0 Å². The maximum Gasteiger partial charge on any atom is 0.253 e. The number of rotatable bonds is 4. The van der Waals surface area contributed by atoms with Crippen LogP contribution in [0.4, 0.5) is 11.6 Å². The van der Waals surface area contributed by atoms with Gasteiger partial charge in [0.1, 0.15) is 0 Å². The van der Waals surface area contributed by atoms with Crippen LogP contribution in [-0.4, -0.2) is 58.4 Å². The summed E-state index contributed by atoms with van der Waals surface area (Å²) >= 11 is 6.15. The minimum Gasteiger partial charge on any atom is -0.338 e. The second-order valence-corrected chi connectivity index (χ2v) is 8.46. The van der Waals surface area contributed by atoms with Gasteiger partial charge in [0.25, 0.3) is 5.91 Å². The number of nitrogens with zero attached hydrogens (tertiary/aromatic N) is 5. The molecule has 5 rings (SSSR count). The molecule has 0 radical (unpaired) electrons. The molecule has 33 heavy (non-hydrogen) atoms. The normalized spacial score (nSPS) is 16.6. The van der Waals surface area contributed by atoms with E-state index in [4.69, 9.17) is 11.6 Å². The average molecular weight is 464 g/mol. The monoisotopic (exact) mass is 463 g/mol. The van der Waals surface area contributed by atoms with E-state index in [2.05, 4.69) is 9.88 Å². The number of aromatic nitrogens is 2. The van der Waals surface area contributed by atoms with E-state index in [1.807, 2.05) is 39.9 Å². The Kier molecular flexibility index (Phi) is 5.60. The van der Waals surface area contributed by atoms with E-state index in [-0.39, 0.29) is 30.6 Å². The predicted molar refractivity (Wildman–Crippen MR) is 125 cm³/mol. The van der Waals surface area contributed by atoms with Crippen molar-refractivity contribution in [1.29, 1.82) is 0 Å². The number of carbonyl (C=O) groups excluding carboxylic acids is 3.